The minimum Gasteiger partial charge on any atom is -0.467 e. The van der Waals surface area contributed by atoms with Crippen LogP contribution in [0.15, 0.2) is 58.8 Å². The number of carbonyl (C=O) groups is 3. The zero-order valence-corrected chi connectivity index (χ0v) is 18.7. The summed E-state index contributed by atoms with van der Waals surface area (Å²) in [5, 5.41) is 6.18. The van der Waals surface area contributed by atoms with Crippen molar-refractivity contribution in [2.75, 3.05) is 20.3 Å². The number of benzene rings is 1. The van der Waals surface area contributed by atoms with Crippen LogP contribution in [0.1, 0.15) is 11.3 Å². The van der Waals surface area contributed by atoms with Crippen LogP contribution in [0.5, 0.6) is 0 Å². The van der Waals surface area contributed by atoms with E-state index in [1.165, 1.54) is 17.2 Å². The molecule has 1 saturated heterocycles. The van der Waals surface area contributed by atoms with Crippen molar-refractivity contribution in [2.45, 2.75) is 13.1 Å². The predicted octanol–water partition coefficient (Wildman–Crippen LogP) is 1.82. The lowest BCUT2D eigenvalue weighted by Gasteiger charge is -2.28. The van der Waals surface area contributed by atoms with Gasteiger partial charge < -0.3 is 19.0 Å². The number of rotatable bonds is 8. The molecule has 10 heteroatoms. The van der Waals surface area contributed by atoms with Gasteiger partial charge in [-0.2, -0.15) is 0 Å². The van der Waals surface area contributed by atoms with Crippen LogP contribution in [0, 0.1) is 0 Å². The lowest BCUT2D eigenvalue weighted by molar-refractivity contribution is -0.129. The molecule has 0 saturated carbocycles. The van der Waals surface area contributed by atoms with Gasteiger partial charge in [0.15, 0.2) is 5.11 Å². The fourth-order valence-electron chi connectivity index (χ4n) is 3.58. The number of furan rings is 1. The van der Waals surface area contributed by atoms with Crippen molar-refractivity contribution in [1.82, 2.24) is 20.1 Å². The quantitative estimate of drug-likeness (QED) is 0.227. The number of hydrogen-bond acceptors (Lipinski definition) is 6. The van der Waals surface area contributed by atoms with E-state index >= 15 is 0 Å². The number of carbonyl (C=O) groups excluding carboxylic acids is 3. The van der Waals surface area contributed by atoms with Gasteiger partial charge in [-0.3, -0.25) is 24.6 Å². The van der Waals surface area contributed by atoms with E-state index in [4.69, 9.17) is 21.4 Å². The number of para-hydroxylation sites is 1. The molecular formula is C23H22N4O5S. The van der Waals surface area contributed by atoms with Crippen molar-refractivity contribution < 1.29 is 23.5 Å². The third kappa shape index (κ3) is 4.86. The average Bonchev–Trinajstić information content (AvgIpc) is 3.43. The molecule has 2 N–H and O–H groups in total. The van der Waals surface area contributed by atoms with Gasteiger partial charge in [-0.1, -0.05) is 18.2 Å². The van der Waals surface area contributed by atoms with Gasteiger partial charge in [0.25, 0.3) is 11.8 Å². The Hall–Kier alpha value is -3.76. The number of ether oxygens (including phenoxy) is 1. The maximum absolute atomic E-state index is 13.1. The average molecular weight is 467 g/mol. The summed E-state index contributed by atoms with van der Waals surface area (Å²) in [5.41, 5.74) is 1.39. The first kappa shape index (κ1) is 22.4. The smallest absolute Gasteiger partial charge is 0.266 e. The normalized spacial score (nSPS) is 15.4. The van der Waals surface area contributed by atoms with E-state index < -0.39 is 11.8 Å². The number of amides is 3. The summed E-state index contributed by atoms with van der Waals surface area (Å²) in [5.74, 6) is -0.727. The Morgan fingerprint density at radius 2 is 2.06 bits per heavy atom. The Bertz CT molecular complexity index is 1250. The molecule has 4 rings (SSSR count). The Labute approximate surface area is 195 Å². The van der Waals surface area contributed by atoms with Gasteiger partial charge in [-0.25, -0.2) is 0 Å². The van der Waals surface area contributed by atoms with Gasteiger partial charge >= 0.3 is 0 Å². The van der Waals surface area contributed by atoms with Crippen LogP contribution in [0.3, 0.4) is 0 Å². The molecule has 0 aliphatic carbocycles. The molecule has 1 aliphatic heterocycles. The molecule has 0 atom stereocenters. The Kier molecular flexibility index (Phi) is 6.66. The van der Waals surface area contributed by atoms with Crippen molar-refractivity contribution in [3.8, 4) is 0 Å². The fourth-order valence-corrected chi connectivity index (χ4v) is 3.82. The van der Waals surface area contributed by atoms with Crippen molar-refractivity contribution >= 4 is 52.0 Å². The third-order valence-electron chi connectivity index (χ3n) is 5.14. The first-order chi connectivity index (χ1) is 16.0. The van der Waals surface area contributed by atoms with Gasteiger partial charge in [-0.15, -0.1) is 0 Å². The van der Waals surface area contributed by atoms with Gasteiger partial charge in [-0.05, 0) is 36.5 Å². The van der Waals surface area contributed by atoms with Gasteiger partial charge in [0.2, 0.25) is 5.91 Å². The minimum atomic E-state index is -0.574. The second kappa shape index (κ2) is 9.80. The van der Waals surface area contributed by atoms with E-state index in [-0.39, 0.29) is 29.7 Å². The van der Waals surface area contributed by atoms with Crippen LogP contribution in [0.2, 0.25) is 0 Å². The molecule has 0 spiro atoms. The molecule has 33 heavy (non-hydrogen) atoms. The number of thiocarbonyl (C=S) groups is 1. The van der Waals surface area contributed by atoms with Crippen molar-refractivity contribution in [3.05, 3.63) is 65.8 Å². The third-order valence-corrected chi connectivity index (χ3v) is 5.46. The molecular weight excluding hydrogens is 444 g/mol. The maximum atomic E-state index is 13.1. The number of nitrogens with one attached hydrogen (secondary N) is 2. The Morgan fingerprint density at radius 1 is 1.24 bits per heavy atom. The van der Waals surface area contributed by atoms with Gasteiger partial charge in [0, 0.05) is 36.3 Å². The van der Waals surface area contributed by atoms with Crippen LogP contribution in [-0.2, 0) is 32.2 Å². The molecule has 1 fully saturated rings. The lowest BCUT2D eigenvalue weighted by Crippen LogP contribution is -2.53. The number of hydrogen-bond donors (Lipinski definition) is 2. The van der Waals surface area contributed by atoms with E-state index in [9.17, 15) is 14.4 Å². The van der Waals surface area contributed by atoms with Gasteiger partial charge in [0.05, 0.1) is 19.4 Å². The van der Waals surface area contributed by atoms with Crippen molar-refractivity contribution in [2.24, 2.45) is 0 Å². The molecule has 0 unspecified atom stereocenters. The monoisotopic (exact) mass is 466 g/mol. The van der Waals surface area contributed by atoms with E-state index in [1.807, 2.05) is 24.3 Å². The van der Waals surface area contributed by atoms with Crippen LogP contribution < -0.4 is 10.6 Å². The van der Waals surface area contributed by atoms with E-state index in [0.717, 1.165) is 10.9 Å². The molecule has 2 aromatic heterocycles. The highest BCUT2D eigenvalue weighted by molar-refractivity contribution is 7.80. The molecule has 3 heterocycles. The highest BCUT2D eigenvalue weighted by Gasteiger charge is 2.34. The van der Waals surface area contributed by atoms with Crippen LogP contribution in [0.25, 0.3) is 17.0 Å². The summed E-state index contributed by atoms with van der Waals surface area (Å²) in [6, 6.07) is 10.9. The summed E-state index contributed by atoms with van der Waals surface area (Å²) in [6.07, 6.45) is 4.77. The fraction of sp³-hybridized carbons (Fsp3) is 0.217. The number of aromatic nitrogens is 1. The zero-order valence-electron chi connectivity index (χ0n) is 17.9. The lowest BCUT2D eigenvalue weighted by atomic mass is 10.1. The standard InChI is InChI=1S/C23H22N4O5S/c1-31-10-8-24-20(28)14-26-12-15(17-6-2-3-7-19(17)26)11-18-21(29)25-23(33)27(22(18)30)13-16-5-4-9-32-16/h2-7,9,11-12H,8,10,13-14H2,1H3,(H,24,28)(H,25,29,33). The molecule has 3 aromatic rings. The first-order valence-electron chi connectivity index (χ1n) is 10.2. The van der Waals surface area contributed by atoms with Crippen LogP contribution >= 0.6 is 12.2 Å². The second-order valence-electron chi connectivity index (χ2n) is 7.36. The zero-order chi connectivity index (χ0) is 23.4. The second-order valence-corrected chi connectivity index (χ2v) is 7.75. The van der Waals surface area contributed by atoms with Crippen LogP contribution in [0.4, 0.5) is 0 Å². The van der Waals surface area contributed by atoms with Gasteiger partial charge in [0.1, 0.15) is 17.9 Å². The first-order valence-corrected chi connectivity index (χ1v) is 10.6. The Balaban J connectivity index is 1.64. The summed E-state index contributed by atoms with van der Waals surface area (Å²) >= 11 is 5.19. The number of fused-ring (bicyclic) bond motifs is 1. The maximum Gasteiger partial charge on any atom is 0.266 e. The summed E-state index contributed by atoms with van der Waals surface area (Å²) < 4.78 is 12.0. The largest absolute Gasteiger partial charge is 0.467 e. The van der Waals surface area contributed by atoms with E-state index in [1.54, 1.807) is 30.0 Å². The predicted molar refractivity (Wildman–Crippen MR) is 125 cm³/mol. The Morgan fingerprint density at radius 3 is 2.82 bits per heavy atom. The molecule has 1 aromatic carbocycles. The van der Waals surface area contributed by atoms with E-state index in [0.29, 0.717) is 24.5 Å². The summed E-state index contributed by atoms with van der Waals surface area (Å²) in [4.78, 5) is 39.3. The summed E-state index contributed by atoms with van der Waals surface area (Å²) in [7, 11) is 1.57. The summed E-state index contributed by atoms with van der Waals surface area (Å²) in [6.45, 7) is 1.02. The van der Waals surface area contributed by atoms with Crippen LogP contribution in [-0.4, -0.2) is 52.6 Å². The van der Waals surface area contributed by atoms with Crippen molar-refractivity contribution in [3.63, 3.8) is 0 Å². The highest BCUT2D eigenvalue weighted by Crippen LogP contribution is 2.25. The molecule has 0 bridgehead atoms. The van der Waals surface area contributed by atoms with E-state index in [2.05, 4.69) is 10.6 Å². The number of nitrogens with zero attached hydrogens (tertiary/aromatic N) is 2. The molecule has 1 aliphatic rings. The molecule has 3 amide bonds. The highest BCUT2D eigenvalue weighted by atomic mass is 32.1. The molecule has 0 radical (unpaired) electrons. The molecule has 9 nitrogen and oxygen atoms in total. The van der Waals surface area contributed by atoms with Crippen molar-refractivity contribution in [1.29, 1.82) is 0 Å². The number of methoxy groups -OCH3 is 1. The minimum absolute atomic E-state index is 0.0220. The molecule has 170 valence electrons. The SMILES string of the molecule is COCCNC(=O)Cn1cc(C=C2C(=O)NC(=S)N(Cc3ccco3)C2=O)c2ccccc21. The topological polar surface area (TPSA) is 106 Å².